The fourth-order valence-corrected chi connectivity index (χ4v) is 3.16. The van der Waals surface area contributed by atoms with E-state index in [-0.39, 0.29) is 11.3 Å². The van der Waals surface area contributed by atoms with Gasteiger partial charge in [-0.25, -0.2) is 17.9 Å². The van der Waals surface area contributed by atoms with E-state index in [1.165, 1.54) is 12.3 Å². The highest BCUT2D eigenvalue weighted by Gasteiger charge is 2.58. The van der Waals surface area contributed by atoms with Crippen molar-refractivity contribution in [3.8, 4) is 11.3 Å². The molecule has 0 aliphatic rings. The Balaban J connectivity index is 1.80. The molecule has 7 nitrogen and oxygen atoms in total. The van der Waals surface area contributed by atoms with Gasteiger partial charge >= 0.3 is 5.92 Å². The molecule has 0 radical (unpaired) electrons. The third-order valence-electron chi connectivity index (χ3n) is 4.78. The van der Waals surface area contributed by atoms with Crippen LogP contribution in [0.3, 0.4) is 0 Å². The first-order valence-corrected chi connectivity index (χ1v) is 9.06. The summed E-state index contributed by atoms with van der Waals surface area (Å²) in [7, 11) is 0. The monoisotopic (exact) mass is 448 g/mol. The second kappa shape index (κ2) is 8.04. The maximum absolute atomic E-state index is 15.6. The summed E-state index contributed by atoms with van der Waals surface area (Å²) in [5.74, 6) is -7.11. The van der Waals surface area contributed by atoms with E-state index in [0.717, 1.165) is 41.5 Å². The third kappa shape index (κ3) is 3.80. The zero-order valence-corrected chi connectivity index (χ0v) is 16.0. The molecule has 0 saturated heterocycles. The minimum atomic E-state index is -4.23. The van der Waals surface area contributed by atoms with E-state index < -0.39 is 46.8 Å². The van der Waals surface area contributed by atoms with Gasteiger partial charge in [-0.05, 0) is 46.8 Å². The molecule has 0 fully saturated rings. The minimum absolute atomic E-state index is 0.146. The van der Waals surface area contributed by atoms with Crippen molar-refractivity contribution in [1.29, 1.82) is 0 Å². The van der Waals surface area contributed by atoms with Gasteiger partial charge < -0.3 is 5.11 Å². The van der Waals surface area contributed by atoms with E-state index in [2.05, 4.69) is 25.5 Å². The van der Waals surface area contributed by atoms with E-state index in [9.17, 15) is 18.3 Å². The number of pyridine rings is 2. The summed E-state index contributed by atoms with van der Waals surface area (Å²) in [6.45, 7) is -1.01. The quantitative estimate of drug-likeness (QED) is 0.456. The van der Waals surface area contributed by atoms with Crippen LogP contribution in [0.25, 0.3) is 11.3 Å². The lowest BCUT2D eigenvalue weighted by Crippen LogP contribution is -2.48. The number of halogens is 5. The molecule has 1 unspecified atom stereocenters. The molecule has 0 bridgehead atoms. The normalized spacial score (nSPS) is 13.7. The highest BCUT2D eigenvalue weighted by atomic mass is 19.3. The van der Waals surface area contributed by atoms with Crippen molar-refractivity contribution in [2.75, 3.05) is 0 Å². The molecule has 3 aromatic heterocycles. The van der Waals surface area contributed by atoms with Gasteiger partial charge in [-0.15, -0.1) is 5.10 Å². The second-order valence-electron chi connectivity index (χ2n) is 6.86. The van der Waals surface area contributed by atoms with Crippen LogP contribution in [0.2, 0.25) is 0 Å². The van der Waals surface area contributed by atoms with Crippen LogP contribution in [0.1, 0.15) is 11.3 Å². The summed E-state index contributed by atoms with van der Waals surface area (Å²) in [5, 5.41) is 21.1. The van der Waals surface area contributed by atoms with Crippen molar-refractivity contribution < 1.29 is 27.1 Å². The fourth-order valence-electron chi connectivity index (χ4n) is 3.16. The largest absolute Gasteiger partial charge is 0.377 e. The van der Waals surface area contributed by atoms with Crippen LogP contribution in [0, 0.1) is 17.5 Å². The number of tetrazole rings is 1. The van der Waals surface area contributed by atoms with Gasteiger partial charge in [0.15, 0.2) is 5.60 Å². The van der Waals surface area contributed by atoms with Gasteiger partial charge in [-0.2, -0.15) is 8.78 Å². The van der Waals surface area contributed by atoms with Crippen LogP contribution in [-0.4, -0.2) is 35.3 Å². The Hall–Kier alpha value is -3.80. The molecule has 0 aliphatic heterocycles. The molecule has 0 spiro atoms. The minimum Gasteiger partial charge on any atom is -0.377 e. The first kappa shape index (κ1) is 21.4. The maximum atomic E-state index is 15.6. The van der Waals surface area contributed by atoms with E-state index in [1.807, 2.05) is 0 Å². The number of aromatic nitrogens is 6. The smallest absolute Gasteiger partial charge is 0.323 e. The maximum Gasteiger partial charge on any atom is 0.323 e. The lowest BCUT2D eigenvalue weighted by atomic mass is 9.84. The van der Waals surface area contributed by atoms with Gasteiger partial charge in [-0.3, -0.25) is 9.97 Å². The van der Waals surface area contributed by atoms with Crippen LogP contribution < -0.4 is 0 Å². The molecule has 12 heteroatoms. The summed E-state index contributed by atoms with van der Waals surface area (Å²) >= 11 is 0. The van der Waals surface area contributed by atoms with Crippen LogP contribution >= 0.6 is 0 Å². The SMILES string of the molecule is OC(Cn1cnnn1)(c1cc(F)ccc1F)C(F)(F)c1ccc(-c2cc(F)ccn2)cn1. The molecule has 1 aromatic carbocycles. The second-order valence-corrected chi connectivity index (χ2v) is 6.86. The summed E-state index contributed by atoms with van der Waals surface area (Å²) in [5.41, 5.74) is -4.90. The molecule has 164 valence electrons. The molecule has 1 N–H and O–H groups in total. The lowest BCUT2D eigenvalue weighted by molar-refractivity contribution is -0.207. The Labute approximate surface area is 177 Å². The van der Waals surface area contributed by atoms with Gasteiger partial charge in [-0.1, -0.05) is 0 Å². The van der Waals surface area contributed by atoms with E-state index >= 15 is 8.78 Å². The molecular weight excluding hydrogens is 435 g/mol. The number of rotatable bonds is 6. The Kier molecular flexibility index (Phi) is 5.38. The molecule has 3 heterocycles. The van der Waals surface area contributed by atoms with Crippen molar-refractivity contribution in [2.45, 2.75) is 18.1 Å². The predicted octanol–water partition coefficient (Wildman–Crippen LogP) is 3.23. The number of benzene rings is 1. The molecule has 4 rings (SSSR count). The van der Waals surface area contributed by atoms with Crippen LogP contribution in [-0.2, 0) is 18.1 Å². The Morgan fingerprint density at radius 3 is 2.38 bits per heavy atom. The zero-order valence-electron chi connectivity index (χ0n) is 16.0. The number of nitrogens with zero attached hydrogens (tertiary/aromatic N) is 6. The predicted molar refractivity (Wildman–Crippen MR) is 99.4 cm³/mol. The molecule has 0 amide bonds. The summed E-state index contributed by atoms with van der Waals surface area (Å²) < 4.78 is 73.7. The van der Waals surface area contributed by atoms with Crippen LogP contribution in [0.15, 0.2) is 61.2 Å². The molecule has 4 aromatic rings. The third-order valence-corrected chi connectivity index (χ3v) is 4.78. The molecule has 0 aliphatic carbocycles. The average Bonchev–Trinajstić information content (AvgIpc) is 3.28. The summed E-state index contributed by atoms with van der Waals surface area (Å²) in [4.78, 5) is 7.62. The van der Waals surface area contributed by atoms with Crippen molar-refractivity contribution >= 4 is 0 Å². The van der Waals surface area contributed by atoms with Gasteiger partial charge in [0.05, 0.1) is 12.2 Å². The highest BCUT2D eigenvalue weighted by Crippen LogP contribution is 2.46. The Morgan fingerprint density at radius 2 is 1.72 bits per heavy atom. The van der Waals surface area contributed by atoms with Crippen molar-refractivity contribution in [1.82, 2.24) is 30.2 Å². The van der Waals surface area contributed by atoms with Gasteiger partial charge in [0.2, 0.25) is 0 Å². The lowest BCUT2D eigenvalue weighted by Gasteiger charge is -2.35. The zero-order chi connectivity index (χ0) is 22.9. The Bertz CT molecular complexity index is 1240. The van der Waals surface area contributed by atoms with Gasteiger partial charge in [0.1, 0.15) is 29.5 Å². The summed E-state index contributed by atoms with van der Waals surface area (Å²) in [6.07, 6.45) is 3.14. The molecule has 0 saturated carbocycles. The van der Waals surface area contributed by atoms with E-state index in [0.29, 0.717) is 12.1 Å². The highest BCUT2D eigenvalue weighted by molar-refractivity contribution is 5.57. The van der Waals surface area contributed by atoms with Gasteiger partial charge in [0.25, 0.3) is 0 Å². The molecule has 1 atom stereocenters. The van der Waals surface area contributed by atoms with Crippen LogP contribution in [0.4, 0.5) is 22.0 Å². The summed E-state index contributed by atoms with van der Waals surface area (Å²) in [6, 6.07) is 6.10. The van der Waals surface area contributed by atoms with Crippen molar-refractivity contribution in [3.05, 3.63) is 89.9 Å². The fraction of sp³-hybridized carbons (Fsp3) is 0.150. The standard InChI is InChI=1S/C20H13F5N6O/c21-13-2-3-16(23)15(7-13)19(32,10-31-11-28-29-30-31)20(24,25)18-4-1-12(9-27-18)17-8-14(22)5-6-26-17/h1-9,11,32H,10H2. The number of alkyl halides is 2. The first-order valence-electron chi connectivity index (χ1n) is 9.06. The molecule has 32 heavy (non-hydrogen) atoms. The Morgan fingerprint density at radius 1 is 0.938 bits per heavy atom. The first-order chi connectivity index (χ1) is 15.2. The number of hydrogen-bond acceptors (Lipinski definition) is 6. The van der Waals surface area contributed by atoms with Crippen molar-refractivity contribution in [3.63, 3.8) is 0 Å². The van der Waals surface area contributed by atoms with Gasteiger partial charge in [0, 0.05) is 29.6 Å². The molecular formula is C20H13F5N6O. The number of aliphatic hydroxyl groups is 1. The van der Waals surface area contributed by atoms with E-state index in [4.69, 9.17) is 0 Å². The van der Waals surface area contributed by atoms with Crippen molar-refractivity contribution in [2.24, 2.45) is 0 Å². The average molecular weight is 448 g/mol. The topological polar surface area (TPSA) is 89.6 Å². The van der Waals surface area contributed by atoms with Crippen LogP contribution in [0.5, 0.6) is 0 Å². The van der Waals surface area contributed by atoms with E-state index in [1.54, 1.807) is 0 Å². The number of hydrogen-bond donors (Lipinski definition) is 1.